The Balaban J connectivity index is 2.02. The van der Waals surface area contributed by atoms with Gasteiger partial charge in [-0.1, -0.05) is 0 Å². The lowest BCUT2D eigenvalue weighted by Gasteiger charge is -2.14. The Morgan fingerprint density at radius 1 is 1.38 bits per heavy atom. The maximum absolute atomic E-state index is 10.3. The first kappa shape index (κ1) is 10.5. The Labute approximate surface area is 78.2 Å². The summed E-state index contributed by atoms with van der Waals surface area (Å²) in [6.07, 6.45) is 2.46. The minimum Gasteiger partial charge on any atom is -0.479 e. The van der Waals surface area contributed by atoms with Gasteiger partial charge < -0.3 is 15.1 Å². The molecule has 0 aromatic heterocycles. The number of nitrogens with zero attached hydrogens (tertiary/aromatic N) is 1. The summed E-state index contributed by atoms with van der Waals surface area (Å²) in [5, 5.41) is 17.4. The van der Waals surface area contributed by atoms with Gasteiger partial charge in [0.15, 0.2) is 6.10 Å². The lowest BCUT2D eigenvalue weighted by molar-refractivity contribution is -0.147. The van der Waals surface area contributed by atoms with Crippen LogP contribution in [0.2, 0.25) is 0 Å². The van der Waals surface area contributed by atoms with Gasteiger partial charge in [0.1, 0.15) is 0 Å². The van der Waals surface area contributed by atoms with Crippen molar-refractivity contribution in [3.05, 3.63) is 0 Å². The van der Waals surface area contributed by atoms with Crippen LogP contribution in [0.5, 0.6) is 0 Å². The molecule has 4 heteroatoms. The van der Waals surface area contributed by atoms with Crippen molar-refractivity contribution in [2.24, 2.45) is 0 Å². The Morgan fingerprint density at radius 3 is 2.54 bits per heavy atom. The molecule has 0 aliphatic carbocycles. The molecule has 0 amide bonds. The third-order valence-electron chi connectivity index (χ3n) is 2.44. The van der Waals surface area contributed by atoms with Gasteiger partial charge >= 0.3 is 5.97 Å². The number of carboxylic acids is 1. The van der Waals surface area contributed by atoms with Crippen molar-refractivity contribution < 1.29 is 15.0 Å². The van der Waals surface area contributed by atoms with Gasteiger partial charge in [0.05, 0.1) is 0 Å². The van der Waals surface area contributed by atoms with E-state index < -0.39 is 12.1 Å². The van der Waals surface area contributed by atoms with E-state index in [9.17, 15) is 4.79 Å². The van der Waals surface area contributed by atoms with Gasteiger partial charge in [-0.2, -0.15) is 0 Å². The van der Waals surface area contributed by atoms with Gasteiger partial charge in [0, 0.05) is 0 Å². The summed E-state index contributed by atoms with van der Waals surface area (Å²) >= 11 is 0. The number of aliphatic carboxylic acids is 1. The number of carbonyl (C=O) groups is 1. The van der Waals surface area contributed by atoms with Crippen molar-refractivity contribution in [2.45, 2.75) is 31.8 Å². The highest BCUT2D eigenvalue weighted by Crippen LogP contribution is 2.09. The lowest BCUT2D eigenvalue weighted by atomic mass is 10.2. The second-order valence-corrected chi connectivity index (χ2v) is 3.55. The quantitative estimate of drug-likeness (QED) is 0.650. The fraction of sp³-hybridized carbons (Fsp3) is 0.889. The zero-order chi connectivity index (χ0) is 9.68. The highest BCUT2D eigenvalue weighted by Gasteiger charge is 2.15. The summed E-state index contributed by atoms with van der Waals surface area (Å²) in [5.41, 5.74) is 0. The molecule has 1 heterocycles. The van der Waals surface area contributed by atoms with Gasteiger partial charge in [-0.15, -0.1) is 0 Å². The van der Waals surface area contributed by atoms with Crippen LogP contribution >= 0.6 is 0 Å². The Hall–Kier alpha value is -0.610. The SMILES string of the molecule is O=C(O)C(O)CCCN1CCCC1. The van der Waals surface area contributed by atoms with E-state index in [0.717, 1.165) is 26.1 Å². The lowest BCUT2D eigenvalue weighted by Crippen LogP contribution is -2.24. The summed E-state index contributed by atoms with van der Waals surface area (Å²) in [6.45, 7) is 3.18. The Kier molecular flexibility index (Phi) is 4.18. The van der Waals surface area contributed by atoms with Gasteiger partial charge in [-0.3, -0.25) is 0 Å². The van der Waals surface area contributed by atoms with Gasteiger partial charge in [-0.25, -0.2) is 4.79 Å². The van der Waals surface area contributed by atoms with Crippen molar-refractivity contribution >= 4 is 5.97 Å². The normalized spacial score (nSPS) is 20.4. The predicted molar refractivity (Wildman–Crippen MR) is 48.6 cm³/mol. The minimum absolute atomic E-state index is 0.367. The molecule has 13 heavy (non-hydrogen) atoms. The molecule has 1 atom stereocenters. The van der Waals surface area contributed by atoms with E-state index in [-0.39, 0.29) is 0 Å². The summed E-state index contributed by atoms with van der Waals surface area (Å²) < 4.78 is 0. The Morgan fingerprint density at radius 2 is 2.00 bits per heavy atom. The fourth-order valence-electron chi connectivity index (χ4n) is 1.64. The molecule has 0 radical (unpaired) electrons. The Bertz CT molecular complexity index is 166. The van der Waals surface area contributed by atoms with E-state index in [1.165, 1.54) is 12.8 Å². The number of carboxylic acid groups (broad SMARTS) is 1. The monoisotopic (exact) mass is 187 g/mol. The highest BCUT2D eigenvalue weighted by atomic mass is 16.4. The van der Waals surface area contributed by atoms with E-state index in [0.29, 0.717) is 6.42 Å². The number of rotatable bonds is 5. The zero-order valence-corrected chi connectivity index (χ0v) is 7.78. The molecular weight excluding hydrogens is 170 g/mol. The summed E-state index contributed by atoms with van der Waals surface area (Å²) in [6, 6.07) is 0. The average Bonchev–Trinajstić information content (AvgIpc) is 2.56. The van der Waals surface area contributed by atoms with Gasteiger partial charge in [0.25, 0.3) is 0 Å². The molecule has 1 saturated heterocycles. The highest BCUT2D eigenvalue weighted by molar-refractivity contribution is 5.71. The molecule has 4 nitrogen and oxygen atoms in total. The number of hydrogen-bond acceptors (Lipinski definition) is 3. The van der Waals surface area contributed by atoms with Crippen LogP contribution in [0.15, 0.2) is 0 Å². The molecule has 1 unspecified atom stereocenters. The largest absolute Gasteiger partial charge is 0.479 e. The molecule has 0 spiro atoms. The van der Waals surface area contributed by atoms with Crippen LogP contribution in [0.1, 0.15) is 25.7 Å². The number of aliphatic hydroxyl groups excluding tert-OH is 1. The fourth-order valence-corrected chi connectivity index (χ4v) is 1.64. The van der Waals surface area contributed by atoms with Crippen LogP contribution in [-0.4, -0.2) is 46.8 Å². The maximum Gasteiger partial charge on any atom is 0.332 e. The first-order chi connectivity index (χ1) is 6.20. The standard InChI is InChI=1S/C9H17NO3/c11-8(9(12)13)4-3-7-10-5-1-2-6-10/h8,11H,1-7H2,(H,12,13). The zero-order valence-electron chi connectivity index (χ0n) is 7.78. The third kappa shape index (κ3) is 3.74. The summed E-state index contributed by atoms with van der Waals surface area (Å²) in [7, 11) is 0. The third-order valence-corrected chi connectivity index (χ3v) is 2.44. The molecular formula is C9H17NO3. The number of aliphatic hydroxyl groups is 1. The van der Waals surface area contributed by atoms with Crippen LogP contribution in [0.4, 0.5) is 0 Å². The molecule has 0 saturated carbocycles. The molecule has 76 valence electrons. The van der Waals surface area contributed by atoms with Crippen molar-refractivity contribution in [3.8, 4) is 0 Å². The molecule has 0 aromatic rings. The smallest absolute Gasteiger partial charge is 0.332 e. The predicted octanol–water partition coefficient (Wildman–Crippen LogP) is 0.308. The topological polar surface area (TPSA) is 60.8 Å². The average molecular weight is 187 g/mol. The van der Waals surface area contributed by atoms with Gasteiger partial charge in [0.2, 0.25) is 0 Å². The van der Waals surface area contributed by atoms with E-state index in [1.807, 2.05) is 0 Å². The summed E-state index contributed by atoms with van der Waals surface area (Å²) in [5.74, 6) is -1.11. The summed E-state index contributed by atoms with van der Waals surface area (Å²) in [4.78, 5) is 12.6. The molecule has 0 aromatic carbocycles. The van der Waals surface area contributed by atoms with Gasteiger partial charge in [-0.05, 0) is 45.3 Å². The van der Waals surface area contributed by atoms with E-state index >= 15 is 0 Å². The maximum atomic E-state index is 10.3. The molecule has 1 aliphatic heterocycles. The van der Waals surface area contributed by atoms with Crippen molar-refractivity contribution in [1.82, 2.24) is 4.90 Å². The van der Waals surface area contributed by atoms with E-state index in [2.05, 4.69) is 4.90 Å². The second-order valence-electron chi connectivity index (χ2n) is 3.55. The van der Waals surface area contributed by atoms with Crippen LogP contribution in [0.3, 0.4) is 0 Å². The molecule has 2 N–H and O–H groups in total. The van der Waals surface area contributed by atoms with Crippen molar-refractivity contribution in [2.75, 3.05) is 19.6 Å². The van der Waals surface area contributed by atoms with Crippen molar-refractivity contribution in [3.63, 3.8) is 0 Å². The van der Waals surface area contributed by atoms with E-state index in [4.69, 9.17) is 10.2 Å². The molecule has 1 aliphatic rings. The molecule has 0 bridgehead atoms. The first-order valence-electron chi connectivity index (χ1n) is 4.83. The van der Waals surface area contributed by atoms with Crippen LogP contribution in [0, 0.1) is 0 Å². The number of likely N-dealkylation sites (tertiary alicyclic amines) is 1. The first-order valence-corrected chi connectivity index (χ1v) is 4.83. The van der Waals surface area contributed by atoms with E-state index in [1.54, 1.807) is 0 Å². The molecule has 1 rings (SSSR count). The van der Waals surface area contributed by atoms with Crippen LogP contribution < -0.4 is 0 Å². The molecule has 1 fully saturated rings. The second kappa shape index (κ2) is 5.19. The minimum atomic E-state index is -1.18. The van der Waals surface area contributed by atoms with Crippen molar-refractivity contribution in [1.29, 1.82) is 0 Å². The van der Waals surface area contributed by atoms with Crippen LogP contribution in [-0.2, 0) is 4.79 Å². The number of hydrogen-bond donors (Lipinski definition) is 2. The van der Waals surface area contributed by atoms with Crippen LogP contribution in [0.25, 0.3) is 0 Å².